The highest BCUT2D eigenvalue weighted by Crippen LogP contribution is 2.22. The van der Waals surface area contributed by atoms with Crippen molar-refractivity contribution in [3.63, 3.8) is 0 Å². The number of hydrogen-bond donors (Lipinski definition) is 0. The lowest BCUT2D eigenvalue weighted by Gasteiger charge is -1.97. The van der Waals surface area contributed by atoms with E-state index in [0.29, 0.717) is 6.42 Å². The molecule has 70 valence electrons. The molecule has 4 heteroatoms. The molecule has 0 aromatic carbocycles. The van der Waals surface area contributed by atoms with Crippen molar-refractivity contribution in [3.8, 4) is 0 Å². The van der Waals surface area contributed by atoms with E-state index in [-0.39, 0.29) is 14.8 Å². The SMILES string of the molecule is CCCCCC(=O)C(Cl)=C(Cl)Br. The average molecular weight is 274 g/mol. The fourth-order valence-corrected chi connectivity index (χ4v) is 1.17. The van der Waals surface area contributed by atoms with Gasteiger partial charge in [0.2, 0.25) is 0 Å². The van der Waals surface area contributed by atoms with Crippen molar-refractivity contribution in [3.05, 3.63) is 8.97 Å². The zero-order chi connectivity index (χ0) is 9.56. The molecule has 0 aromatic heterocycles. The predicted octanol–water partition coefficient (Wildman–Crippen LogP) is 4.18. The Labute approximate surface area is 91.2 Å². The molecule has 0 amide bonds. The smallest absolute Gasteiger partial charge is 0.176 e. The second-order valence-corrected chi connectivity index (χ2v) is 4.46. The first-order valence-corrected chi connectivity index (χ1v) is 5.38. The van der Waals surface area contributed by atoms with Crippen LogP contribution in [0.1, 0.15) is 32.6 Å². The molecule has 0 aliphatic rings. The van der Waals surface area contributed by atoms with Gasteiger partial charge in [0, 0.05) is 6.42 Å². The predicted molar refractivity (Wildman–Crippen MR) is 56.8 cm³/mol. The molecule has 0 N–H and O–H groups in total. The number of carbonyl (C=O) groups is 1. The molecule has 0 radical (unpaired) electrons. The van der Waals surface area contributed by atoms with Gasteiger partial charge in [-0.2, -0.15) is 0 Å². The van der Waals surface area contributed by atoms with E-state index in [1.54, 1.807) is 0 Å². The zero-order valence-electron chi connectivity index (χ0n) is 6.87. The summed E-state index contributed by atoms with van der Waals surface area (Å²) in [6.45, 7) is 2.08. The Morgan fingerprint density at radius 1 is 1.33 bits per heavy atom. The van der Waals surface area contributed by atoms with E-state index in [2.05, 4.69) is 22.9 Å². The fourth-order valence-electron chi connectivity index (χ4n) is 0.751. The maximum atomic E-state index is 11.2. The minimum atomic E-state index is -0.0907. The second-order valence-electron chi connectivity index (χ2n) is 2.45. The molecule has 0 atom stereocenters. The first-order chi connectivity index (χ1) is 5.59. The highest BCUT2D eigenvalue weighted by Gasteiger charge is 2.09. The first kappa shape index (κ1) is 12.5. The molecule has 0 spiro atoms. The largest absolute Gasteiger partial charge is 0.293 e. The Morgan fingerprint density at radius 2 is 1.92 bits per heavy atom. The monoisotopic (exact) mass is 272 g/mol. The molecule has 1 nitrogen and oxygen atoms in total. The standard InChI is InChI=1S/C8H11BrCl2O/c1-2-3-4-5-6(12)7(10)8(9)11/h2-5H2,1H3. The quantitative estimate of drug-likeness (QED) is 0.543. The molecule has 0 bridgehead atoms. The van der Waals surface area contributed by atoms with E-state index >= 15 is 0 Å². The van der Waals surface area contributed by atoms with Gasteiger partial charge in [0.1, 0.15) is 8.97 Å². The van der Waals surface area contributed by atoms with E-state index in [1.165, 1.54) is 0 Å². The first-order valence-electron chi connectivity index (χ1n) is 3.83. The topological polar surface area (TPSA) is 17.1 Å². The van der Waals surface area contributed by atoms with Crippen LogP contribution in [0.5, 0.6) is 0 Å². The molecule has 0 rings (SSSR count). The van der Waals surface area contributed by atoms with Crippen LogP contribution in [-0.4, -0.2) is 5.78 Å². The van der Waals surface area contributed by atoms with Crippen LogP contribution in [-0.2, 0) is 4.79 Å². The summed E-state index contributed by atoms with van der Waals surface area (Å²) in [4.78, 5) is 11.2. The van der Waals surface area contributed by atoms with E-state index in [4.69, 9.17) is 23.2 Å². The zero-order valence-corrected chi connectivity index (χ0v) is 9.97. The molecule has 0 fully saturated rings. The molecule has 0 aliphatic carbocycles. The van der Waals surface area contributed by atoms with Crippen molar-refractivity contribution in [1.29, 1.82) is 0 Å². The van der Waals surface area contributed by atoms with Crippen molar-refractivity contribution in [2.24, 2.45) is 0 Å². The summed E-state index contributed by atoms with van der Waals surface area (Å²) >= 11 is 14.0. The van der Waals surface area contributed by atoms with Gasteiger partial charge in [-0.1, -0.05) is 43.0 Å². The average Bonchev–Trinajstić information content (AvgIpc) is 2.03. The molecule has 0 unspecified atom stereocenters. The molecule has 0 heterocycles. The molecule has 0 saturated carbocycles. The van der Waals surface area contributed by atoms with Gasteiger partial charge in [-0.05, 0) is 22.4 Å². The lowest BCUT2D eigenvalue weighted by molar-refractivity contribution is -0.115. The van der Waals surface area contributed by atoms with Gasteiger partial charge in [0.25, 0.3) is 0 Å². The summed E-state index contributed by atoms with van der Waals surface area (Å²) in [7, 11) is 0. The maximum absolute atomic E-state index is 11.2. The highest BCUT2D eigenvalue weighted by atomic mass is 79.9. The summed E-state index contributed by atoms with van der Waals surface area (Å²) in [5.74, 6) is -0.0907. The molecule has 0 aromatic rings. The number of halogens is 3. The third-order valence-corrected chi connectivity index (χ3v) is 2.73. The molecule has 0 aliphatic heterocycles. The number of hydrogen-bond acceptors (Lipinski definition) is 1. The van der Waals surface area contributed by atoms with Crippen LogP contribution in [0.3, 0.4) is 0 Å². The van der Waals surface area contributed by atoms with Crippen LogP contribution in [0.15, 0.2) is 8.97 Å². The normalized spacial score (nSPS) is 12.7. The third kappa shape index (κ3) is 5.18. The molecule has 12 heavy (non-hydrogen) atoms. The number of allylic oxidation sites excluding steroid dienone is 1. The van der Waals surface area contributed by atoms with Gasteiger partial charge in [-0.15, -0.1) is 0 Å². The van der Waals surface area contributed by atoms with Crippen molar-refractivity contribution in [1.82, 2.24) is 0 Å². The minimum absolute atomic E-state index is 0.0907. The van der Waals surface area contributed by atoms with Gasteiger partial charge >= 0.3 is 0 Å². The van der Waals surface area contributed by atoms with Crippen LogP contribution in [0.25, 0.3) is 0 Å². The van der Waals surface area contributed by atoms with Crippen LogP contribution >= 0.6 is 39.1 Å². The summed E-state index contributed by atoms with van der Waals surface area (Å²) in [6.07, 6.45) is 3.50. The Kier molecular flexibility index (Phi) is 7.20. The van der Waals surface area contributed by atoms with E-state index in [9.17, 15) is 4.79 Å². The maximum Gasteiger partial charge on any atom is 0.176 e. The Morgan fingerprint density at radius 3 is 2.33 bits per heavy atom. The Hall–Kier alpha value is 0.470. The van der Waals surface area contributed by atoms with E-state index < -0.39 is 0 Å². The van der Waals surface area contributed by atoms with E-state index in [0.717, 1.165) is 19.3 Å². The number of ketones is 1. The van der Waals surface area contributed by atoms with Crippen molar-refractivity contribution in [2.45, 2.75) is 32.6 Å². The van der Waals surface area contributed by atoms with Crippen LogP contribution in [0.4, 0.5) is 0 Å². The van der Waals surface area contributed by atoms with Crippen LogP contribution < -0.4 is 0 Å². The molecule has 0 saturated heterocycles. The van der Waals surface area contributed by atoms with Gasteiger partial charge in [-0.3, -0.25) is 4.79 Å². The highest BCUT2D eigenvalue weighted by molar-refractivity contribution is 9.12. The summed E-state index contributed by atoms with van der Waals surface area (Å²) in [5, 5.41) is 0.104. The van der Waals surface area contributed by atoms with Crippen LogP contribution in [0, 0.1) is 0 Å². The molecular weight excluding hydrogens is 263 g/mol. The number of unbranched alkanes of at least 4 members (excludes halogenated alkanes) is 2. The van der Waals surface area contributed by atoms with Gasteiger partial charge in [0.05, 0.1) is 0 Å². The fraction of sp³-hybridized carbons (Fsp3) is 0.625. The number of carbonyl (C=O) groups excluding carboxylic acids is 1. The van der Waals surface area contributed by atoms with E-state index in [1.807, 2.05) is 0 Å². The van der Waals surface area contributed by atoms with Crippen molar-refractivity contribution in [2.75, 3.05) is 0 Å². The van der Waals surface area contributed by atoms with Gasteiger partial charge in [-0.25, -0.2) is 0 Å². The van der Waals surface area contributed by atoms with Crippen molar-refractivity contribution < 1.29 is 4.79 Å². The third-order valence-electron chi connectivity index (χ3n) is 1.42. The lowest BCUT2D eigenvalue weighted by Crippen LogP contribution is -1.97. The van der Waals surface area contributed by atoms with Crippen molar-refractivity contribution >= 4 is 44.9 Å². The molecular formula is C8H11BrCl2O. The Balaban J connectivity index is 3.81. The number of rotatable bonds is 5. The van der Waals surface area contributed by atoms with Crippen LogP contribution in [0.2, 0.25) is 0 Å². The number of Topliss-reactive ketones (excluding diaryl/α,β-unsaturated/α-hetero) is 1. The van der Waals surface area contributed by atoms with Gasteiger partial charge in [0.15, 0.2) is 5.78 Å². The summed E-state index contributed by atoms with van der Waals surface area (Å²) < 4.78 is 0.200. The summed E-state index contributed by atoms with van der Waals surface area (Å²) in [5.41, 5.74) is 0. The Bertz CT molecular complexity index is 185. The summed E-state index contributed by atoms with van der Waals surface area (Å²) in [6, 6.07) is 0. The second kappa shape index (κ2) is 6.93. The minimum Gasteiger partial charge on any atom is -0.293 e. The lowest BCUT2D eigenvalue weighted by atomic mass is 10.1. The van der Waals surface area contributed by atoms with Gasteiger partial charge < -0.3 is 0 Å².